The Labute approximate surface area is 191 Å². The predicted octanol–water partition coefficient (Wildman–Crippen LogP) is 8.74. The molecule has 1 atom stereocenters. The molecular weight excluding hydrogens is 620 g/mol. The average Bonchev–Trinajstić information content (AvgIpc) is 2.51. The molecule has 0 amide bonds. The molecule has 0 heterocycles. The summed E-state index contributed by atoms with van der Waals surface area (Å²) in [5.41, 5.74) is -14.3. The van der Waals surface area contributed by atoms with Gasteiger partial charge in [0.2, 0.25) is 0 Å². The van der Waals surface area contributed by atoms with Crippen molar-refractivity contribution in [3.8, 4) is 0 Å². The van der Waals surface area contributed by atoms with Gasteiger partial charge in [0.25, 0.3) is 0 Å². The van der Waals surface area contributed by atoms with Gasteiger partial charge in [0.15, 0.2) is 3.79 Å². The maximum absolute atomic E-state index is 14.9. The Balaban J connectivity index is 4.25. The molecule has 1 radical (unpaired) electrons. The fourth-order valence-corrected chi connectivity index (χ4v) is 3.25. The second-order valence-electron chi connectivity index (χ2n) is 5.98. The number of benzene rings is 1. The van der Waals surface area contributed by atoms with E-state index in [0.717, 1.165) is 6.07 Å². The van der Waals surface area contributed by atoms with Crippen molar-refractivity contribution in [3.63, 3.8) is 0 Å². The number of alkyl halides is 17. The van der Waals surface area contributed by atoms with Gasteiger partial charge in [0, 0.05) is 28.1 Å². The molecule has 32 heavy (non-hydrogen) atoms. The minimum Gasteiger partial charge on any atom is -0.221 e. The number of hydrogen-bond donors (Lipinski definition) is 0. The van der Waals surface area contributed by atoms with Crippen molar-refractivity contribution in [3.05, 3.63) is 33.3 Å². The van der Waals surface area contributed by atoms with Gasteiger partial charge in [-0.25, -0.2) is 4.39 Å². The van der Waals surface area contributed by atoms with E-state index < -0.39 is 73.5 Å². The summed E-state index contributed by atoms with van der Waals surface area (Å²) in [7, 11) is 0. The molecule has 0 aliphatic rings. The molecule has 1 aromatic carbocycles. The Kier molecular flexibility index (Phi) is 7.74. The Bertz CT molecular complexity index is 852. The third-order valence-corrected chi connectivity index (χ3v) is 4.82. The smallest absolute Gasteiger partial charge is 0.221 e. The van der Waals surface area contributed by atoms with Gasteiger partial charge in [-0.3, -0.25) is 0 Å². The van der Waals surface area contributed by atoms with Crippen LogP contribution in [0, 0.1) is 6.07 Å². The molecule has 0 N–H and O–H groups in total. The maximum Gasteiger partial charge on any atom is 0.458 e. The van der Waals surface area contributed by atoms with Crippen LogP contribution in [0.4, 0.5) is 61.5 Å². The first kappa shape index (κ1) is 29.6. The molecule has 0 spiro atoms. The van der Waals surface area contributed by atoms with Crippen molar-refractivity contribution in [1.29, 1.82) is 0 Å². The molecule has 0 aromatic heterocycles. The summed E-state index contributed by atoms with van der Waals surface area (Å²) in [6.45, 7) is 0. The molecule has 18 heteroatoms. The highest BCUT2D eigenvalue weighted by molar-refractivity contribution is 9.10. The minimum atomic E-state index is -7.40. The van der Waals surface area contributed by atoms with E-state index in [1.165, 1.54) is 0 Å². The van der Waals surface area contributed by atoms with Crippen LogP contribution in [0.5, 0.6) is 0 Å². The summed E-state index contributed by atoms with van der Waals surface area (Å²) in [6.07, 6.45) is -22.8. The van der Waals surface area contributed by atoms with Gasteiger partial charge in [0.1, 0.15) is 0 Å². The SMILES string of the molecule is FC(F)(F)C(F)(F)c1[c]c(Br)c(CC(Cl)(Cl)Cl)c(C(F)(C(F)(F)F)C(F)(F)C(F)(F)F)c1. The van der Waals surface area contributed by atoms with Crippen molar-refractivity contribution in [2.45, 2.75) is 46.3 Å². The van der Waals surface area contributed by atoms with Crippen LogP contribution >= 0.6 is 50.7 Å². The highest BCUT2D eigenvalue weighted by Gasteiger charge is 2.82. The van der Waals surface area contributed by atoms with Crippen LogP contribution < -0.4 is 0 Å². The van der Waals surface area contributed by atoms with E-state index in [4.69, 9.17) is 34.8 Å². The summed E-state index contributed by atoms with van der Waals surface area (Å²) in [5, 5.41) is 0. The Hall–Kier alpha value is -0.410. The highest BCUT2D eigenvalue weighted by atomic mass is 79.9. The van der Waals surface area contributed by atoms with E-state index in [1.54, 1.807) is 0 Å². The number of hydrogen-bond acceptors (Lipinski definition) is 0. The van der Waals surface area contributed by atoms with Gasteiger partial charge in [-0.1, -0.05) is 34.8 Å². The van der Waals surface area contributed by atoms with Gasteiger partial charge in [-0.15, -0.1) is 0 Å². The van der Waals surface area contributed by atoms with Gasteiger partial charge >= 0.3 is 36.0 Å². The van der Waals surface area contributed by atoms with Crippen LogP contribution in [0.15, 0.2) is 10.5 Å². The molecule has 1 unspecified atom stereocenters. The lowest BCUT2D eigenvalue weighted by atomic mass is 9.82. The largest absolute Gasteiger partial charge is 0.458 e. The number of halogens is 18. The standard InChI is InChI=1S/C14H3BrCl3F14/c15-7-2-4(10(20,21)13(27,28)29)1-6(5(7)3-8(16,17)18)9(19,12(24,25)26)11(22,23)14(30,31)32/h1H,3H2. The second-order valence-corrected chi connectivity index (χ2v) is 9.29. The van der Waals surface area contributed by atoms with E-state index >= 15 is 0 Å². The van der Waals surface area contributed by atoms with Gasteiger partial charge in [-0.2, -0.15) is 57.1 Å². The summed E-state index contributed by atoms with van der Waals surface area (Å²) in [6, 6.07) is -0.0734. The molecular formula is C14H3BrCl3F14. The highest BCUT2D eigenvalue weighted by Crippen LogP contribution is 2.60. The topological polar surface area (TPSA) is 0 Å². The van der Waals surface area contributed by atoms with Crippen molar-refractivity contribution < 1.29 is 61.5 Å². The monoisotopic (exact) mass is 621 g/mol. The molecule has 185 valence electrons. The Morgan fingerprint density at radius 1 is 0.719 bits per heavy atom. The Morgan fingerprint density at radius 2 is 1.16 bits per heavy atom. The minimum absolute atomic E-state index is 1.11. The van der Waals surface area contributed by atoms with Crippen molar-refractivity contribution in [2.24, 2.45) is 0 Å². The summed E-state index contributed by atoms with van der Waals surface area (Å²) in [5.74, 6) is -13.6. The van der Waals surface area contributed by atoms with Crippen LogP contribution in [0.2, 0.25) is 0 Å². The molecule has 1 aromatic rings. The summed E-state index contributed by atoms with van der Waals surface area (Å²) < 4.78 is 181. The molecule has 0 fully saturated rings. The summed E-state index contributed by atoms with van der Waals surface area (Å²) >= 11 is 17.8. The molecule has 0 saturated heterocycles. The quantitative estimate of drug-likeness (QED) is 0.233. The van der Waals surface area contributed by atoms with Crippen molar-refractivity contribution in [2.75, 3.05) is 0 Å². The zero-order valence-electron chi connectivity index (χ0n) is 14.1. The number of rotatable bonds is 4. The van der Waals surface area contributed by atoms with Crippen LogP contribution in [0.3, 0.4) is 0 Å². The molecule has 0 bridgehead atoms. The van der Waals surface area contributed by atoms with E-state index in [9.17, 15) is 61.5 Å². The third kappa shape index (κ3) is 5.14. The van der Waals surface area contributed by atoms with Crippen LogP contribution in [-0.2, 0) is 18.0 Å². The molecule has 0 saturated carbocycles. The Morgan fingerprint density at radius 3 is 1.47 bits per heavy atom. The first-order valence-electron chi connectivity index (χ1n) is 7.19. The van der Waals surface area contributed by atoms with E-state index in [2.05, 4.69) is 15.9 Å². The zero-order valence-corrected chi connectivity index (χ0v) is 17.9. The van der Waals surface area contributed by atoms with E-state index in [-0.39, 0.29) is 0 Å². The fourth-order valence-electron chi connectivity index (χ4n) is 2.28. The zero-order chi connectivity index (χ0) is 25.9. The lowest BCUT2D eigenvalue weighted by Crippen LogP contribution is -2.60. The van der Waals surface area contributed by atoms with Crippen molar-refractivity contribution >= 4 is 50.7 Å². The molecule has 0 aliphatic carbocycles. The van der Waals surface area contributed by atoms with E-state index in [1.807, 2.05) is 0 Å². The van der Waals surface area contributed by atoms with Crippen LogP contribution in [0.25, 0.3) is 0 Å². The van der Waals surface area contributed by atoms with Gasteiger partial charge in [0.05, 0.1) is 0 Å². The summed E-state index contributed by atoms with van der Waals surface area (Å²) in [4.78, 5) is 0. The van der Waals surface area contributed by atoms with Crippen molar-refractivity contribution in [1.82, 2.24) is 0 Å². The normalized spacial score (nSPS) is 16.8. The van der Waals surface area contributed by atoms with Crippen LogP contribution in [-0.4, -0.2) is 28.2 Å². The first-order chi connectivity index (χ1) is 13.7. The third-order valence-electron chi connectivity index (χ3n) is 3.75. The molecule has 0 nitrogen and oxygen atoms in total. The van der Waals surface area contributed by atoms with Gasteiger partial charge in [-0.05, 0) is 27.6 Å². The average molecular weight is 623 g/mol. The fraction of sp³-hybridized carbons (Fsp3) is 0.571. The maximum atomic E-state index is 14.9. The van der Waals surface area contributed by atoms with Crippen LogP contribution in [0.1, 0.15) is 16.7 Å². The molecule has 0 aliphatic heterocycles. The lowest BCUT2D eigenvalue weighted by Gasteiger charge is -2.38. The molecule has 1 rings (SSSR count). The lowest BCUT2D eigenvalue weighted by molar-refractivity contribution is -0.389. The van der Waals surface area contributed by atoms with Gasteiger partial charge < -0.3 is 0 Å². The predicted molar refractivity (Wildman–Crippen MR) is 86.8 cm³/mol. The second kappa shape index (κ2) is 8.36. The van der Waals surface area contributed by atoms with E-state index in [0.29, 0.717) is 0 Å². The first-order valence-corrected chi connectivity index (χ1v) is 9.11.